The Morgan fingerprint density at radius 3 is 1.85 bits per heavy atom. The van der Waals surface area contributed by atoms with Crippen molar-refractivity contribution in [1.29, 1.82) is 0 Å². The van der Waals surface area contributed by atoms with Crippen LogP contribution in [-0.4, -0.2) is 81.2 Å². The molecule has 0 fully saturated rings. The molecule has 0 saturated carbocycles. The van der Waals surface area contributed by atoms with E-state index in [1.165, 1.54) is 0 Å². The van der Waals surface area contributed by atoms with E-state index in [4.69, 9.17) is 18.5 Å². The molecule has 0 aromatic heterocycles. The second-order valence-electron chi connectivity index (χ2n) is 14.4. The molecule has 55 heavy (non-hydrogen) atoms. The number of ether oxygens (including phenoxy) is 2. The Bertz CT molecular complexity index is 1230. The molecule has 0 aliphatic heterocycles. The normalized spacial score (nSPS) is 15.1. The van der Waals surface area contributed by atoms with E-state index in [9.17, 15) is 24.2 Å². The highest BCUT2D eigenvalue weighted by atomic mass is 31.2. The molecule has 1 N–H and O–H groups in total. The first-order chi connectivity index (χ1) is 26.4. The standard InChI is InChI=1S/C44H74NO9P/c1-6-8-10-12-14-15-16-17-18-19-20-21-23-27-31-35-43(47)51-39-42(40-53-55(49,50)52-38-37-45(3,4)5)54-44(48)36-32-28-24-26-30-34-41(46)33-29-25-22-13-11-9-7-2/h8-11,14-15,17-18,20-22,25,29,33,41-42,46H,6-7,12-13,16,19,23-24,26-28,30-32,34-40H2,1-5H3/b10-8-,11-9+,15-14-,18-17-,21-20-,25-22+,33-29+/t41?,42-/m1/s1. The number of likely N-dealkylation sites (N-methyl/N-ethyl adjacent to an activating group) is 1. The highest BCUT2D eigenvalue weighted by molar-refractivity contribution is 7.45. The lowest BCUT2D eigenvalue weighted by Gasteiger charge is -2.28. The Balaban J connectivity index is 4.59. The van der Waals surface area contributed by atoms with Gasteiger partial charge in [-0.05, 0) is 70.6 Å². The number of carbonyl (C=O) groups is 2. The summed E-state index contributed by atoms with van der Waals surface area (Å²) in [7, 11) is 1.06. The summed E-state index contributed by atoms with van der Waals surface area (Å²) in [5.41, 5.74) is 0. The summed E-state index contributed by atoms with van der Waals surface area (Å²) in [4.78, 5) is 37.4. The Labute approximate surface area is 333 Å². The topological polar surface area (TPSA) is 131 Å². The van der Waals surface area contributed by atoms with Crippen LogP contribution in [0.3, 0.4) is 0 Å². The number of esters is 2. The van der Waals surface area contributed by atoms with Gasteiger partial charge in [-0.15, -0.1) is 0 Å². The number of aliphatic hydroxyl groups excluding tert-OH is 1. The van der Waals surface area contributed by atoms with Crippen molar-refractivity contribution in [3.05, 3.63) is 85.1 Å². The fourth-order valence-electron chi connectivity index (χ4n) is 4.83. The number of aliphatic hydroxyl groups is 1. The van der Waals surface area contributed by atoms with Gasteiger partial charge in [-0.25, -0.2) is 0 Å². The van der Waals surface area contributed by atoms with Crippen molar-refractivity contribution in [3.8, 4) is 0 Å². The van der Waals surface area contributed by atoms with E-state index in [1.807, 2.05) is 39.4 Å². The largest absolute Gasteiger partial charge is 0.756 e. The summed E-state index contributed by atoms with van der Waals surface area (Å²) in [5, 5.41) is 10.1. The lowest BCUT2D eigenvalue weighted by atomic mass is 10.1. The zero-order valence-electron chi connectivity index (χ0n) is 34.7. The van der Waals surface area contributed by atoms with Gasteiger partial charge in [0.05, 0.1) is 33.9 Å². The van der Waals surface area contributed by atoms with Gasteiger partial charge in [0.1, 0.15) is 19.8 Å². The SMILES string of the molecule is CC/C=C\C/C=C\C/C=C\C/C=C\CCCCC(=O)OC[C@H](COP(=O)([O-])OCC[N+](C)(C)C)OC(=O)CCCCCCCC(O)/C=C/C=C/C/C=C/CC. The second-order valence-corrected chi connectivity index (χ2v) is 15.8. The minimum atomic E-state index is -4.66. The highest BCUT2D eigenvalue weighted by Gasteiger charge is 2.21. The minimum Gasteiger partial charge on any atom is -0.756 e. The molecule has 0 spiro atoms. The van der Waals surface area contributed by atoms with Crippen molar-refractivity contribution in [2.75, 3.05) is 47.5 Å². The summed E-state index contributed by atoms with van der Waals surface area (Å²) in [6.45, 7) is 3.78. The molecule has 2 unspecified atom stereocenters. The predicted octanol–water partition coefficient (Wildman–Crippen LogP) is 9.58. The summed E-state index contributed by atoms with van der Waals surface area (Å²) in [6.07, 6.45) is 40.7. The summed E-state index contributed by atoms with van der Waals surface area (Å²) >= 11 is 0. The fraction of sp³-hybridized carbons (Fsp3) is 0.636. The van der Waals surface area contributed by atoms with Gasteiger partial charge in [0.25, 0.3) is 7.82 Å². The summed E-state index contributed by atoms with van der Waals surface area (Å²) in [6, 6.07) is 0. The number of unbranched alkanes of at least 4 members (excludes halogenated alkanes) is 6. The Morgan fingerprint density at radius 1 is 0.673 bits per heavy atom. The van der Waals surface area contributed by atoms with Gasteiger partial charge < -0.3 is 33.0 Å². The van der Waals surface area contributed by atoms with Crippen LogP contribution in [0.4, 0.5) is 0 Å². The number of hydrogen-bond donors (Lipinski definition) is 1. The third kappa shape index (κ3) is 39.2. The summed E-state index contributed by atoms with van der Waals surface area (Å²) < 4.78 is 33.7. The molecular weight excluding hydrogens is 717 g/mol. The average molecular weight is 792 g/mol. The number of quaternary nitrogens is 1. The van der Waals surface area contributed by atoms with Gasteiger partial charge in [0.15, 0.2) is 6.10 Å². The number of rotatable bonds is 35. The van der Waals surface area contributed by atoms with Crippen molar-refractivity contribution in [2.24, 2.45) is 0 Å². The second kappa shape index (κ2) is 35.6. The molecule has 0 heterocycles. The Morgan fingerprint density at radius 2 is 1.22 bits per heavy atom. The molecule has 11 heteroatoms. The number of phosphoric acid groups is 1. The molecule has 3 atom stereocenters. The highest BCUT2D eigenvalue weighted by Crippen LogP contribution is 2.38. The molecule has 0 rings (SSSR count). The Kier molecular flexibility index (Phi) is 33.7. The van der Waals surface area contributed by atoms with E-state index in [1.54, 1.807) is 6.08 Å². The van der Waals surface area contributed by atoms with E-state index in [0.29, 0.717) is 30.3 Å². The number of carbonyl (C=O) groups excluding carboxylic acids is 2. The first-order valence-corrected chi connectivity index (χ1v) is 21.9. The fourth-order valence-corrected chi connectivity index (χ4v) is 5.56. The molecule has 0 saturated heterocycles. The molecular formula is C44H74NO9P. The van der Waals surface area contributed by atoms with Gasteiger partial charge in [0, 0.05) is 12.8 Å². The Hall–Kier alpha value is -2.85. The molecule has 0 aromatic carbocycles. The van der Waals surface area contributed by atoms with Gasteiger partial charge in [-0.1, -0.05) is 125 Å². The molecule has 0 aliphatic rings. The molecule has 314 valence electrons. The lowest BCUT2D eigenvalue weighted by Crippen LogP contribution is -2.37. The quantitative estimate of drug-likeness (QED) is 0.0167. The van der Waals surface area contributed by atoms with Gasteiger partial charge in [-0.3, -0.25) is 14.2 Å². The molecule has 0 aromatic rings. The van der Waals surface area contributed by atoms with Crippen LogP contribution in [0.1, 0.15) is 123 Å². The zero-order valence-corrected chi connectivity index (χ0v) is 35.6. The molecule has 0 amide bonds. The summed E-state index contributed by atoms with van der Waals surface area (Å²) in [5.74, 6) is -0.972. The van der Waals surface area contributed by atoms with E-state index >= 15 is 0 Å². The van der Waals surface area contributed by atoms with E-state index in [2.05, 4.69) is 74.6 Å². The maximum atomic E-state index is 12.6. The van der Waals surface area contributed by atoms with Crippen LogP contribution in [0.5, 0.6) is 0 Å². The van der Waals surface area contributed by atoms with Crippen molar-refractivity contribution < 1.29 is 47.2 Å². The molecule has 0 aliphatic carbocycles. The maximum Gasteiger partial charge on any atom is 0.306 e. The van der Waals surface area contributed by atoms with Crippen LogP contribution < -0.4 is 4.89 Å². The third-order valence-corrected chi connectivity index (χ3v) is 8.98. The number of phosphoric ester groups is 1. The van der Waals surface area contributed by atoms with E-state index < -0.39 is 38.6 Å². The predicted molar refractivity (Wildman–Crippen MR) is 223 cm³/mol. The number of nitrogens with zero attached hydrogens (tertiary/aromatic N) is 1. The first kappa shape index (κ1) is 52.2. The maximum absolute atomic E-state index is 12.6. The van der Waals surface area contributed by atoms with Crippen LogP contribution in [0.15, 0.2) is 85.1 Å². The third-order valence-electron chi connectivity index (χ3n) is 8.01. The lowest BCUT2D eigenvalue weighted by molar-refractivity contribution is -0.870. The first-order valence-electron chi connectivity index (χ1n) is 20.4. The number of allylic oxidation sites excluding steroid dienone is 13. The van der Waals surface area contributed by atoms with Crippen molar-refractivity contribution in [3.63, 3.8) is 0 Å². The monoisotopic (exact) mass is 792 g/mol. The van der Waals surface area contributed by atoms with Gasteiger partial charge in [0.2, 0.25) is 0 Å². The van der Waals surface area contributed by atoms with E-state index in [-0.39, 0.29) is 26.1 Å². The van der Waals surface area contributed by atoms with E-state index in [0.717, 1.165) is 77.0 Å². The van der Waals surface area contributed by atoms with Crippen molar-refractivity contribution in [1.82, 2.24) is 0 Å². The molecule has 0 bridgehead atoms. The van der Waals surface area contributed by atoms with Crippen LogP contribution in [-0.2, 0) is 32.7 Å². The minimum absolute atomic E-state index is 0.0607. The van der Waals surface area contributed by atoms with Crippen molar-refractivity contribution in [2.45, 2.75) is 135 Å². The van der Waals surface area contributed by atoms with Crippen molar-refractivity contribution >= 4 is 19.8 Å². The van der Waals surface area contributed by atoms with Crippen LogP contribution in [0.2, 0.25) is 0 Å². The van der Waals surface area contributed by atoms with Gasteiger partial charge >= 0.3 is 11.9 Å². The number of hydrogen-bond acceptors (Lipinski definition) is 9. The average Bonchev–Trinajstić information content (AvgIpc) is 3.12. The van der Waals surface area contributed by atoms with Crippen LogP contribution in [0.25, 0.3) is 0 Å². The molecule has 0 radical (unpaired) electrons. The smallest absolute Gasteiger partial charge is 0.306 e. The van der Waals surface area contributed by atoms with Crippen LogP contribution in [0, 0.1) is 0 Å². The van der Waals surface area contributed by atoms with Crippen LogP contribution >= 0.6 is 7.82 Å². The van der Waals surface area contributed by atoms with Gasteiger partial charge in [-0.2, -0.15) is 0 Å². The molecule has 10 nitrogen and oxygen atoms in total. The zero-order chi connectivity index (χ0) is 40.9.